The average Bonchev–Trinajstić information content (AvgIpc) is 3.14. The third-order valence-corrected chi connectivity index (χ3v) is 4.93. The predicted octanol–water partition coefficient (Wildman–Crippen LogP) is 1.37. The normalized spacial score (nSPS) is 32.4. The van der Waals surface area contributed by atoms with Crippen molar-refractivity contribution in [2.75, 3.05) is 6.54 Å². The fourth-order valence-electron chi connectivity index (χ4n) is 3.91. The van der Waals surface area contributed by atoms with E-state index in [0.717, 1.165) is 32.2 Å². The molecule has 2 bridgehead atoms. The Labute approximate surface area is 119 Å². The van der Waals surface area contributed by atoms with E-state index in [2.05, 4.69) is 10.2 Å². The summed E-state index contributed by atoms with van der Waals surface area (Å²) in [5, 5.41) is 12.3. The first-order valence-electron chi connectivity index (χ1n) is 7.90. The number of carbonyl (C=O) groups is 2. The number of piperidine rings is 1. The van der Waals surface area contributed by atoms with Crippen molar-refractivity contribution in [1.82, 2.24) is 10.2 Å². The molecule has 2 N–H and O–H groups in total. The van der Waals surface area contributed by atoms with E-state index < -0.39 is 5.97 Å². The molecule has 2 heterocycles. The summed E-state index contributed by atoms with van der Waals surface area (Å²) in [4.78, 5) is 25.3. The summed E-state index contributed by atoms with van der Waals surface area (Å²) >= 11 is 0. The van der Waals surface area contributed by atoms with Crippen molar-refractivity contribution in [3.63, 3.8) is 0 Å². The molecule has 2 atom stereocenters. The number of fused-ring (bicyclic) bond motifs is 2. The maximum Gasteiger partial charge on any atom is 0.303 e. The van der Waals surface area contributed by atoms with E-state index in [1.807, 2.05) is 0 Å². The van der Waals surface area contributed by atoms with E-state index in [-0.39, 0.29) is 18.2 Å². The van der Waals surface area contributed by atoms with Gasteiger partial charge in [0.05, 0.1) is 0 Å². The van der Waals surface area contributed by atoms with Crippen LogP contribution in [0.1, 0.15) is 51.4 Å². The van der Waals surface area contributed by atoms with Gasteiger partial charge in [-0.05, 0) is 44.4 Å². The summed E-state index contributed by atoms with van der Waals surface area (Å²) in [5.74, 6) is -0.180. The molecule has 5 nitrogen and oxygen atoms in total. The molecule has 1 saturated carbocycles. The molecule has 2 saturated heterocycles. The molecular formula is C15H24N2O3. The molecule has 2 unspecified atom stereocenters. The first kappa shape index (κ1) is 13.9. The zero-order chi connectivity index (χ0) is 14.1. The molecule has 20 heavy (non-hydrogen) atoms. The van der Waals surface area contributed by atoms with Crippen LogP contribution in [0.2, 0.25) is 0 Å². The lowest BCUT2D eigenvalue weighted by Crippen LogP contribution is -2.47. The van der Waals surface area contributed by atoms with Gasteiger partial charge in [0.15, 0.2) is 0 Å². The second kappa shape index (κ2) is 5.72. The zero-order valence-corrected chi connectivity index (χ0v) is 11.9. The third kappa shape index (κ3) is 3.14. The lowest BCUT2D eigenvalue weighted by Gasteiger charge is -2.38. The van der Waals surface area contributed by atoms with Crippen LogP contribution in [0.5, 0.6) is 0 Å². The van der Waals surface area contributed by atoms with Crippen LogP contribution in [0.25, 0.3) is 0 Å². The van der Waals surface area contributed by atoms with E-state index >= 15 is 0 Å². The van der Waals surface area contributed by atoms with Crippen molar-refractivity contribution >= 4 is 11.9 Å². The summed E-state index contributed by atoms with van der Waals surface area (Å²) in [6, 6.07) is 1.25. The Morgan fingerprint density at radius 1 is 1.10 bits per heavy atom. The van der Waals surface area contributed by atoms with Crippen LogP contribution in [0.15, 0.2) is 0 Å². The van der Waals surface area contributed by atoms with Gasteiger partial charge in [0.25, 0.3) is 0 Å². The monoisotopic (exact) mass is 280 g/mol. The highest BCUT2D eigenvalue weighted by Gasteiger charge is 2.43. The van der Waals surface area contributed by atoms with Crippen LogP contribution >= 0.6 is 0 Å². The number of carboxylic acid groups (broad SMARTS) is 1. The molecular weight excluding hydrogens is 256 g/mol. The Bertz CT molecular complexity index is 381. The van der Waals surface area contributed by atoms with Crippen LogP contribution < -0.4 is 5.32 Å². The SMILES string of the molecule is O=C(O)CC1CC2CCC(C1)N2C(=O)CCNC1CC1. The minimum atomic E-state index is -0.706. The van der Waals surface area contributed by atoms with Crippen molar-refractivity contribution in [3.8, 4) is 0 Å². The summed E-state index contributed by atoms with van der Waals surface area (Å²) in [6.45, 7) is 0.790. The van der Waals surface area contributed by atoms with Crippen LogP contribution in [-0.4, -0.2) is 46.6 Å². The van der Waals surface area contributed by atoms with Gasteiger partial charge in [-0.25, -0.2) is 0 Å². The lowest BCUT2D eigenvalue weighted by molar-refractivity contribution is -0.140. The number of hydrogen-bond donors (Lipinski definition) is 2. The van der Waals surface area contributed by atoms with Gasteiger partial charge in [0.1, 0.15) is 0 Å². The van der Waals surface area contributed by atoms with Crippen molar-refractivity contribution in [3.05, 3.63) is 0 Å². The molecule has 0 aromatic rings. The lowest BCUT2D eigenvalue weighted by atomic mass is 9.88. The highest BCUT2D eigenvalue weighted by molar-refractivity contribution is 5.77. The van der Waals surface area contributed by atoms with E-state index in [9.17, 15) is 9.59 Å². The first-order chi connectivity index (χ1) is 9.63. The number of hydrogen-bond acceptors (Lipinski definition) is 3. The maximum atomic E-state index is 12.4. The third-order valence-electron chi connectivity index (χ3n) is 4.93. The van der Waals surface area contributed by atoms with Crippen molar-refractivity contribution in [2.45, 2.75) is 69.5 Å². The zero-order valence-electron chi connectivity index (χ0n) is 11.9. The molecule has 5 heteroatoms. The average molecular weight is 280 g/mol. The Morgan fingerprint density at radius 3 is 2.30 bits per heavy atom. The van der Waals surface area contributed by atoms with Crippen molar-refractivity contribution in [2.24, 2.45) is 5.92 Å². The van der Waals surface area contributed by atoms with Crippen LogP contribution in [0, 0.1) is 5.92 Å². The summed E-state index contributed by atoms with van der Waals surface area (Å²) in [5.41, 5.74) is 0. The summed E-state index contributed by atoms with van der Waals surface area (Å²) in [7, 11) is 0. The topological polar surface area (TPSA) is 69.6 Å². The van der Waals surface area contributed by atoms with Gasteiger partial charge in [0, 0.05) is 37.5 Å². The number of carbonyl (C=O) groups excluding carboxylic acids is 1. The first-order valence-corrected chi connectivity index (χ1v) is 7.90. The number of nitrogens with zero attached hydrogens (tertiary/aromatic N) is 1. The Morgan fingerprint density at radius 2 is 1.75 bits per heavy atom. The van der Waals surface area contributed by atoms with Crippen molar-refractivity contribution < 1.29 is 14.7 Å². The predicted molar refractivity (Wildman–Crippen MR) is 74.3 cm³/mol. The molecule has 1 aliphatic carbocycles. The maximum absolute atomic E-state index is 12.4. The Hall–Kier alpha value is -1.10. The van der Waals surface area contributed by atoms with E-state index in [1.165, 1.54) is 12.8 Å². The highest BCUT2D eigenvalue weighted by atomic mass is 16.4. The van der Waals surface area contributed by atoms with Gasteiger partial charge < -0.3 is 15.3 Å². The van der Waals surface area contributed by atoms with Gasteiger partial charge in [-0.3, -0.25) is 9.59 Å². The molecule has 1 amide bonds. The number of amides is 1. The quantitative estimate of drug-likeness (QED) is 0.771. The second-order valence-electron chi connectivity index (χ2n) is 6.60. The van der Waals surface area contributed by atoms with Gasteiger partial charge >= 0.3 is 5.97 Å². The Kier molecular flexibility index (Phi) is 3.96. The van der Waals surface area contributed by atoms with Crippen LogP contribution in [-0.2, 0) is 9.59 Å². The molecule has 0 aromatic carbocycles. The van der Waals surface area contributed by atoms with Crippen LogP contribution in [0.3, 0.4) is 0 Å². The fraction of sp³-hybridized carbons (Fsp3) is 0.867. The second-order valence-corrected chi connectivity index (χ2v) is 6.60. The fourth-order valence-corrected chi connectivity index (χ4v) is 3.91. The number of carboxylic acids is 1. The van der Waals surface area contributed by atoms with E-state index in [1.54, 1.807) is 0 Å². The largest absolute Gasteiger partial charge is 0.481 e. The van der Waals surface area contributed by atoms with Crippen LogP contribution in [0.4, 0.5) is 0 Å². The molecule has 112 valence electrons. The smallest absolute Gasteiger partial charge is 0.303 e. The Balaban J connectivity index is 1.50. The van der Waals surface area contributed by atoms with Gasteiger partial charge in [-0.1, -0.05) is 0 Å². The van der Waals surface area contributed by atoms with E-state index in [0.29, 0.717) is 24.5 Å². The van der Waals surface area contributed by atoms with E-state index in [4.69, 9.17) is 5.11 Å². The van der Waals surface area contributed by atoms with Gasteiger partial charge in [-0.2, -0.15) is 0 Å². The number of nitrogens with one attached hydrogen (secondary N) is 1. The highest BCUT2D eigenvalue weighted by Crippen LogP contribution is 2.40. The minimum absolute atomic E-state index is 0.262. The molecule has 0 aromatic heterocycles. The number of rotatable bonds is 6. The van der Waals surface area contributed by atoms with Gasteiger partial charge in [-0.15, -0.1) is 0 Å². The molecule has 0 spiro atoms. The molecule has 2 aliphatic heterocycles. The molecule has 3 rings (SSSR count). The minimum Gasteiger partial charge on any atom is -0.481 e. The molecule has 3 fully saturated rings. The van der Waals surface area contributed by atoms with Gasteiger partial charge in [0.2, 0.25) is 5.91 Å². The molecule has 0 radical (unpaired) electrons. The standard InChI is InChI=1S/C15H24N2O3/c18-14(5-6-16-11-1-2-11)17-12-3-4-13(17)8-10(7-12)9-15(19)20/h10-13,16H,1-9H2,(H,19,20). The summed E-state index contributed by atoms with van der Waals surface area (Å²) < 4.78 is 0. The molecule has 3 aliphatic rings. The number of aliphatic carboxylic acids is 1. The van der Waals surface area contributed by atoms with Crippen molar-refractivity contribution in [1.29, 1.82) is 0 Å². The summed E-state index contributed by atoms with van der Waals surface area (Å²) in [6.07, 6.45) is 7.23.